The lowest BCUT2D eigenvalue weighted by Crippen LogP contribution is -2.58. The summed E-state index contributed by atoms with van der Waals surface area (Å²) in [7, 11) is 0. The van der Waals surface area contributed by atoms with Crippen LogP contribution in [0.5, 0.6) is 0 Å². The minimum absolute atomic E-state index is 0.0347. The number of hydrogen-bond acceptors (Lipinski definition) is 6. The van der Waals surface area contributed by atoms with E-state index in [4.69, 9.17) is 4.74 Å². The average molecular weight is 483 g/mol. The molecule has 3 aliphatic rings. The third-order valence-electron chi connectivity index (χ3n) is 7.31. The van der Waals surface area contributed by atoms with Crippen LogP contribution in [0.25, 0.3) is 0 Å². The van der Waals surface area contributed by atoms with Gasteiger partial charge in [-0.1, -0.05) is 20.8 Å². The van der Waals surface area contributed by atoms with Crippen LogP contribution >= 0.6 is 11.8 Å². The molecule has 7 nitrogen and oxygen atoms in total. The summed E-state index contributed by atoms with van der Waals surface area (Å²) in [4.78, 5) is 42.4. The Bertz CT molecular complexity index is 794. The number of aliphatic hydroxyl groups excluding tert-OH is 1. The van der Waals surface area contributed by atoms with Gasteiger partial charge in [0.05, 0.1) is 23.2 Å². The van der Waals surface area contributed by atoms with Crippen molar-refractivity contribution >= 4 is 29.5 Å². The summed E-state index contributed by atoms with van der Waals surface area (Å²) in [5, 5.41) is 12.5. The van der Waals surface area contributed by atoms with E-state index in [9.17, 15) is 19.5 Å². The third kappa shape index (κ3) is 4.79. The van der Waals surface area contributed by atoms with Gasteiger partial charge in [-0.15, -0.1) is 11.8 Å². The standard InChI is InChI=1S/C25H42N2O5S/c1-8-32-21(31)17-16-20(30)27(13-9-10-14-28)18(25(16)12-11-24(17,7)33-25)19(29)26-23(5,6)15-22(2,3)4/h16-18,28H,8-15H2,1-7H3,(H,26,29)/t16-,17+,18?,24-,25?/m0/s1. The molecule has 0 aliphatic carbocycles. The Morgan fingerprint density at radius 3 is 2.45 bits per heavy atom. The second-order valence-corrected chi connectivity index (χ2v) is 13.9. The average Bonchev–Trinajstić information content (AvgIpc) is 3.21. The maximum absolute atomic E-state index is 13.9. The van der Waals surface area contributed by atoms with E-state index in [1.807, 2.05) is 20.8 Å². The van der Waals surface area contributed by atoms with Crippen LogP contribution in [0.4, 0.5) is 0 Å². The van der Waals surface area contributed by atoms with Crippen molar-refractivity contribution in [1.29, 1.82) is 0 Å². The third-order valence-corrected chi connectivity index (χ3v) is 9.29. The summed E-state index contributed by atoms with van der Waals surface area (Å²) in [6.45, 7) is 15.1. The Kier molecular flexibility index (Phi) is 7.23. The molecular weight excluding hydrogens is 440 g/mol. The molecule has 0 radical (unpaired) electrons. The molecule has 1 spiro atoms. The number of hydrogen-bond donors (Lipinski definition) is 2. The van der Waals surface area contributed by atoms with Gasteiger partial charge in [0.15, 0.2) is 0 Å². The van der Waals surface area contributed by atoms with Crippen molar-refractivity contribution in [3.05, 3.63) is 0 Å². The number of rotatable bonds is 9. The summed E-state index contributed by atoms with van der Waals surface area (Å²) in [5.41, 5.74) is -0.400. The van der Waals surface area contributed by atoms with Crippen LogP contribution in [-0.2, 0) is 19.1 Å². The molecule has 8 heteroatoms. The lowest BCUT2D eigenvalue weighted by molar-refractivity contribution is -0.155. The molecule has 3 heterocycles. The van der Waals surface area contributed by atoms with Gasteiger partial charge in [-0.25, -0.2) is 0 Å². The van der Waals surface area contributed by atoms with Gasteiger partial charge in [0, 0.05) is 23.4 Å². The predicted octanol–water partition coefficient (Wildman–Crippen LogP) is 3.13. The van der Waals surface area contributed by atoms with E-state index >= 15 is 0 Å². The zero-order chi connectivity index (χ0) is 24.8. The molecule has 33 heavy (non-hydrogen) atoms. The van der Waals surface area contributed by atoms with E-state index < -0.39 is 32.9 Å². The summed E-state index contributed by atoms with van der Waals surface area (Å²) < 4.78 is 4.38. The first-order valence-corrected chi connectivity index (χ1v) is 13.1. The molecule has 0 aromatic heterocycles. The Morgan fingerprint density at radius 2 is 1.88 bits per heavy atom. The highest BCUT2D eigenvalue weighted by molar-refractivity contribution is 8.02. The van der Waals surface area contributed by atoms with Crippen molar-refractivity contribution in [3.63, 3.8) is 0 Å². The van der Waals surface area contributed by atoms with Crippen molar-refractivity contribution in [2.24, 2.45) is 17.3 Å². The van der Waals surface area contributed by atoms with Crippen LogP contribution < -0.4 is 5.32 Å². The summed E-state index contributed by atoms with van der Waals surface area (Å²) in [5.74, 6) is -1.65. The molecule has 2 N–H and O–H groups in total. The lowest BCUT2D eigenvalue weighted by Gasteiger charge is -2.38. The number of likely N-dealkylation sites (tertiary alicyclic amines) is 1. The first kappa shape index (κ1) is 26.3. The highest BCUT2D eigenvalue weighted by atomic mass is 32.2. The Balaban J connectivity index is 1.97. The van der Waals surface area contributed by atoms with Crippen LogP contribution in [0.2, 0.25) is 0 Å². The number of esters is 1. The molecule has 3 rings (SSSR count). The van der Waals surface area contributed by atoms with E-state index in [1.54, 1.807) is 23.6 Å². The second kappa shape index (κ2) is 9.06. The maximum Gasteiger partial charge on any atom is 0.311 e. The van der Waals surface area contributed by atoms with Crippen molar-refractivity contribution < 1.29 is 24.2 Å². The number of amides is 2. The van der Waals surface area contributed by atoms with Crippen LogP contribution in [0.15, 0.2) is 0 Å². The molecular formula is C25H42N2O5S. The normalized spacial score (nSPS) is 33.4. The fraction of sp³-hybridized carbons (Fsp3) is 0.880. The SMILES string of the molecule is CCOC(=O)[C@H]1[C@H]2C(=O)N(CCCCO)C(C(=O)NC(C)(C)CC(C)(C)C)C23CC[C@]1(C)S3. The number of nitrogens with zero attached hydrogens (tertiary/aromatic N) is 1. The Morgan fingerprint density at radius 1 is 1.21 bits per heavy atom. The Hall–Kier alpha value is -1.28. The molecule has 2 bridgehead atoms. The number of carbonyl (C=O) groups excluding carboxylic acids is 3. The largest absolute Gasteiger partial charge is 0.466 e. The van der Waals surface area contributed by atoms with Gasteiger partial charge in [-0.3, -0.25) is 14.4 Å². The quantitative estimate of drug-likeness (QED) is 0.387. The van der Waals surface area contributed by atoms with Crippen molar-refractivity contribution in [1.82, 2.24) is 10.2 Å². The maximum atomic E-state index is 13.9. The zero-order valence-electron chi connectivity index (χ0n) is 21.3. The molecule has 3 saturated heterocycles. The molecule has 0 aromatic carbocycles. The van der Waals surface area contributed by atoms with E-state index in [0.717, 1.165) is 19.3 Å². The van der Waals surface area contributed by atoms with E-state index in [0.29, 0.717) is 19.4 Å². The van der Waals surface area contributed by atoms with Crippen molar-refractivity contribution in [2.75, 3.05) is 19.8 Å². The highest BCUT2D eigenvalue weighted by Gasteiger charge is 2.77. The molecule has 188 valence electrons. The van der Waals surface area contributed by atoms with Crippen LogP contribution in [-0.4, -0.2) is 68.6 Å². The van der Waals surface area contributed by atoms with Gasteiger partial charge in [0.25, 0.3) is 0 Å². The first-order chi connectivity index (χ1) is 15.2. The van der Waals surface area contributed by atoms with Crippen LogP contribution in [0.1, 0.15) is 80.6 Å². The van der Waals surface area contributed by atoms with Gasteiger partial charge in [0.1, 0.15) is 6.04 Å². The highest BCUT2D eigenvalue weighted by Crippen LogP contribution is 2.71. The molecule has 3 aliphatic heterocycles. The molecule has 0 aromatic rings. The van der Waals surface area contributed by atoms with Gasteiger partial charge in [-0.05, 0) is 65.2 Å². The fourth-order valence-electron chi connectivity index (χ4n) is 6.72. The predicted molar refractivity (Wildman–Crippen MR) is 130 cm³/mol. The van der Waals surface area contributed by atoms with Gasteiger partial charge in [-0.2, -0.15) is 0 Å². The van der Waals surface area contributed by atoms with Crippen molar-refractivity contribution in [3.8, 4) is 0 Å². The number of fused-ring (bicyclic) bond motifs is 1. The number of aliphatic hydroxyl groups is 1. The Labute approximate surface area is 202 Å². The number of ether oxygens (including phenoxy) is 1. The van der Waals surface area contributed by atoms with Crippen LogP contribution in [0, 0.1) is 17.3 Å². The molecule has 3 fully saturated rings. The fourth-order valence-corrected chi connectivity index (χ4v) is 9.07. The first-order valence-electron chi connectivity index (χ1n) is 12.3. The summed E-state index contributed by atoms with van der Waals surface area (Å²) >= 11 is 1.66. The zero-order valence-corrected chi connectivity index (χ0v) is 22.1. The van der Waals surface area contributed by atoms with Crippen molar-refractivity contribution in [2.45, 2.75) is 102 Å². The topological polar surface area (TPSA) is 95.9 Å². The minimum Gasteiger partial charge on any atom is -0.466 e. The van der Waals surface area contributed by atoms with Gasteiger partial charge >= 0.3 is 5.97 Å². The number of nitrogens with one attached hydrogen (secondary N) is 1. The summed E-state index contributed by atoms with van der Waals surface area (Å²) in [6, 6.07) is -0.626. The number of thioether (sulfide) groups is 1. The van der Waals surface area contributed by atoms with E-state index in [-0.39, 0.29) is 36.4 Å². The van der Waals surface area contributed by atoms with E-state index in [1.165, 1.54) is 0 Å². The molecule has 2 unspecified atom stereocenters. The second-order valence-electron chi connectivity index (χ2n) is 12.1. The smallest absolute Gasteiger partial charge is 0.311 e. The number of unbranched alkanes of at least 4 members (excludes halogenated alkanes) is 1. The summed E-state index contributed by atoms with van der Waals surface area (Å²) in [6.07, 6.45) is 3.49. The number of carbonyl (C=O) groups is 3. The van der Waals surface area contributed by atoms with Crippen LogP contribution in [0.3, 0.4) is 0 Å². The minimum atomic E-state index is -0.626. The van der Waals surface area contributed by atoms with Gasteiger partial charge < -0.3 is 20.1 Å². The molecule has 2 amide bonds. The lowest BCUT2D eigenvalue weighted by atomic mass is 9.66. The van der Waals surface area contributed by atoms with E-state index in [2.05, 4.69) is 26.1 Å². The molecule has 5 atom stereocenters. The molecule has 0 saturated carbocycles. The monoisotopic (exact) mass is 482 g/mol. The van der Waals surface area contributed by atoms with Gasteiger partial charge in [0.2, 0.25) is 11.8 Å².